The molecule has 0 spiro atoms. The van der Waals surface area contributed by atoms with E-state index in [9.17, 15) is 18.0 Å². The molecule has 0 bridgehead atoms. The molecule has 1 aliphatic carbocycles. The lowest BCUT2D eigenvalue weighted by molar-refractivity contribution is -0.148. The van der Waals surface area contributed by atoms with Gasteiger partial charge in [0.15, 0.2) is 0 Å². The van der Waals surface area contributed by atoms with E-state index in [0.717, 1.165) is 12.8 Å². The van der Waals surface area contributed by atoms with Crippen LogP contribution in [0.4, 0.5) is 13.2 Å². The van der Waals surface area contributed by atoms with Crippen molar-refractivity contribution in [3.05, 3.63) is 0 Å². The molecule has 0 radical (unpaired) electrons. The normalized spacial score (nSPS) is 17.6. The molecule has 0 heterocycles. The molecule has 0 atom stereocenters. The smallest absolute Gasteiger partial charge is 0.299 e. The third-order valence-corrected chi connectivity index (χ3v) is 2.91. The molecule has 2 nitrogen and oxygen atoms in total. The molecule has 0 aromatic heterocycles. The van der Waals surface area contributed by atoms with Crippen LogP contribution in [0, 0.1) is 5.41 Å². The second-order valence-corrected chi connectivity index (χ2v) is 5.74. The molecule has 1 rings (SSSR count). The van der Waals surface area contributed by atoms with E-state index < -0.39 is 18.1 Å². The van der Waals surface area contributed by atoms with Gasteiger partial charge in [0.2, 0.25) is 0 Å². The Morgan fingerprint density at radius 2 is 1.76 bits per heavy atom. The first kappa shape index (κ1) is 14.5. The van der Waals surface area contributed by atoms with E-state index in [1.54, 1.807) is 20.8 Å². The Bertz CT molecular complexity index is 276. The predicted octanol–water partition coefficient (Wildman–Crippen LogP) is 3.02. The van der Waals surface area contributed by atoms with Crippen LogP contribution < -0.4 is 0 Å². The van der Waals surface area contributed by atoms with Crippen LogP contribution in [0.5, 0.6) is 0 Å². The van der Waals surface area contributed by atoms with E-state index >= 15 is 0 Å². The highest BCUT2D eigenvalue weighted by Crippen LogP contribution is 2.30. The average molecular weight is 251 g/mol. The van der Waals surface area contributed by atoms with E-state index in [2.05, 4.69) is 0 Å². The van der Waals surface area contributed by atoms with Gasteiger partial charge in [-0.1, -0.05) is 20.8 Å². The SMILES string of the molecule is CC(C)(C)C(=O)CCN(CC(F)(F)F)C1CC1. The Labute approximate surface area is 100 Å². The maximum absolute atomic E-state index is 12.3. The van der Waals surface area contributed by atoms with Crippen molar-refractivity contribution >= 4 is 5.78 Å². The first-order chi connectivity index (χ1) is 7.59. The monoisotopic (exact) mass is 251 g/mol. The molecule has 0 unspecified atom stereocenters. The molecule has 0 aromatic carbocycles. The van der Waals surface area contributed by atoms with Gasteiger partial charge in [-0.15, -0.1) is 0 Å². The van der Waals surface area contributed by atoms with Crippen molar-refractivity contribution in [1.82, 2.24) is 4.90 Å². The van der Waals surface area contributed by atoms with Gasteiger partial charge in [-0.25, -0.2) is 0 Å². The number of halogens is 3. The molecule has 5 heteroatoms. The molecule has 0 saturated heterocycles. The summed E-state index contributed by atoms with van der Waals surface area (Å²) in [6.07, 6.45) is -2.33. The first-order valence-electron chi connectivity index (χ1n) is 5.94. The molecule has 17 heavy (non-hydrogen) atoms. The van der Waals surface area contributed by atoms with Crippen molar-refractivity contribution in [1.29, 1.82) is 0 Å². The van der Waals surface area contributed by atoms with Gasteiger partial charge in [-0.2, -0.15) is 13.2 Å². The second kappa shape index (κ2) is 4.96. The molecular weight excluding hydrogens is 231 g/mol. The minimum atomic E-state index is -4.17. The Kier molecular flexibility index (Phi) is 4.23. The van der Waals surface area contributed by atoms with Gasteiger partial charge in [0.1, 0.15) is 5.78 Å². The number of alkyl halides is 3. The van der Waals surface area contributed by atoms with Crippen molar-refractivity contribution in [2.75, 3.05) is 13.1 Å². The summed E-state index contributed by atoms with van der Waals surface area (Å²) in [4.78, 5) is 13.1. The van der Waals surface area contributed by atoms with Crippen molar-refractivity contribution in [2.45, 2.75) is 52.3 Å². The fourth-order valence-corrected chi connectivity index (χ4v) is 1.68. The Morgan fingerprint density at radius 1 is 1.24 bits per heavy atom. The number of carbonyl (C=O) groups excluding carboxylic acids is 1. The van der Waals surface area contributed by atoms with E-state index in [0.29, 0.717) is 0 Å². The van der Waals surface area contributed by atoms with E-state index in [1.165, 1.54) is 4.90 Å². The van der Waals surface area contributed by atoms with E-state index in [-0.39, 0.29) is 24.8 Å². The molecular formula is C12H20F3NO. The standard InChI is InChI=1S/C12H20F3NO/c1-11(2,3)10(17)6-7-16(9-4-5-9)8-12(13,14)15/h9H,4-8H2,1-3H3. The summed E-state index contributed by atoms with van der Waals surface area (Å²) in [5.74, 6) is 0.0188. The van der Waals surface area contributed by atoms with Crippen LogP contribution in [0.2, 0.25) is 0 Å². The number of Topliss-reactive ketones (excluding diaryl/α,β-unsaturated/α-hetero) is 1. The average Bonchev–Trinajstić information content (AvgIpc) is 2.90. The van der Waals surface area contributed by atoms with Crippen LogP contribution in [-0.2, 0) is 4.79 Å². The summed E-state index contributed by atoms with van der Waals surface area (Å²) < 4.78 is 37.0. The van der Waals surface area contributed by atoms with Gasteiger partial charge in [-0.05, 0) is 12.8 Å². The van der Waals surface area contributed by atoms with Crippen molar-refractivity contribution in [3.8, 4) is 0 Å². The predicted molar refractivity (Wildman–Crippen MR) is 59.7 cm³/mol. The third kappa shape index (κ3) is 5.52. The summed E-state index contributed by atoms with van der Waals surface area (Å²) in [6.45, 7) is 4.71. The summed E-state index contributed by atoms with van der Waals surface area (Å²) >= 11 is 0. The molecule has 1 fully saturated rings. The lowest BCUT2D eigenvalue weighted by atomic mass is 9.89. The summed E-state index contributed by atoms with van der Waals surface area (Å²) in [5, 5.41) is 0. The topological polar surface area (TPSA) is 20.3 Å². The van der Waals surface area contributed by atoms with Gasteiger partial charge in [0, 0.05) is 24.4 Å². The summed E-state index contributed by atoms with van der Waals surface area (Å²) in [7, 11) is 0. The van der Waals surface area contributed by atoms with Crippen molar-refractivity contribution in [2.24, 2.45) is 5.41 Å². The highest BCUT2D eigenvalue weighted by atomic mass is 19.4. The van der Waals surface area contributed by atoms with E-state index in [1.807, 2.05) is 0 Å². The van der Waals surface area contributed by atoms with Gasteiger partial charge in [0.25, 0.3) is 0 Å². The highest BCUT2D eigenvalue weighted by Gasteiger charge is 2.38. The van der Waals surface area contributed by atoms with Crippen molar-refractivity contribution in [3.63, 3.8) is 0 Å². The third-order valence-electron chi connectivity index (χ3n) is 2.91. The molecule has 100 valence electrons. The quantitative estimate of drug-likeness (QED) is 0.748. The zero-order chi connectivity index (χ0) is 13.3. The maximum atomic E-state index is 12.3. The molecule has 0 aliphatic heterocycles. The lowest BCUT2D eigenvalue weighted by Gasteiger charge is -2.24. The minimum absolute atomic E-state index is 0.0188. The zero-order valence-corrected chi connectivity index (χ0v) is 10.6. The minimum Gasteiger partial charge on any atom is -0.299 e. The van der Waals surface area contributed by atoms with Crippen LogP contribution in [0.1, 0.15) is 40.0 Å². The molecule has 0 amide bonds. The lowest BCUT2D eigenvalue weighted by Crippen LogP contribution is -2.38. The van der Waals surface area contributed by atoms with Gasteiger partial charge in [0.05, 0.1) is 6.54 Å². The number of hydrogen-bond acceptors (Lipinski definition) is 2. The van der Waals surface area contributed by atoms with Crippen molar-refractivity contribution < 1.29 is 18.0 Å². The molecule has 0 aromatic rings. The molecule has 1 aliphatic rings. The van der Waals surface area contributed by atoms with E-state index in [4.69, 9.17) is 0 Å². The number of nitrogens with zero attached hydrogens (tertiary/aromatic N) is 1. The van der Waals surface area contributed by atoms with Crippen LogP contribution >= 0.6 is 0 Å². The number of hydrogen-bond donors (Lipinski definition) is 0. The second-order valence-electron chi connectivity index (χ2n) is 5.74. The zero-order valence-electron chi connectivity index (χ0n) is 10.6. The maximum Gasteiger partial charge on any atom is 0.401 e. The largest absolute Gasteiger partial charge is 0.401 e. The van der Waals surface area contributed by atoms with Crippen LogP contribution in [0.3, 0.4) is 0 Å². The number of carbonyl (C=O) groups is 1. The highest BCUT2D eigenvalue weighted by molar-refractivity contribution is 5.83. The Morgan fingerprint density at radius 3 is 2.12 bits per heavy atom. The van der Waals surface area contributed by atoms with Gasteiger partial charge in [-0.3, -0.25) is 9.69 Å². The fraction of sp³-hybridized carbons (Fsp3) is 0.917. The molecule has 1 saturated carbocycles. The number of ketones is 1. The van der Waals surface area contributed by atoms with Crippen LogP contribution in [0.15, 0.2) is 0 Å². The summed E-state index contributed by atoms with van der Waals surface area (Å²) in [6, 6.07) is 0.0318. The number of rotatable bonds is 5. The Balaban J connectivity index is 2.43. The van der Waals surface area contributed by atoms with Crippen LogP contribution in [0.25, 0.3) is 0 Å². The molecule has 0 N–H and O–H groups in total. The van der Waals surface area contributed by atoms with Crippen LogP contribution in [-0.4, -0.2) is 36.0 Å². The fourth-order valence-electron chi connectivity index (χ4n) is 1.68. The first-order valence-corrected chi connectivity index (χ1v) is 5.94. The Hall–Kier alpha value is -0.580. The van der Waals surface area contributed by atoms with Gasteiger partial charge < -0.3 is 0 Å². The summed E-state index contributed by atoms with van der Waals surface area (Å²) in [5.41, 5.74) is -0.465. The van der Waals surface area contributed by atoms with Gasteiger partial charge >= 0.3 is 6.18 Å².